The van der Waals surface area contributed by atoms with E-state index in [-0.39, 0.29) is 50.8 Å². The molecule has 0 N–H and O–H groups in total. The van der Waals surface area contributed by atoms with Crippen molar-refractivity contribution in [1.29, 1.82) is 0 Å². The SMILES string of the molecule is C/C=C/C(C)OC(=O)[N-]c1ccccc1.C[Si](C)c1ccccc1.[Cu].[Li+]. The van der Waals surface area contributed by atoms with E-state index in [9.17, 15) is 4.79 Å². The summed E-state index contributed by atoms with van der Waals surface area (Å²) >= 11 is 0. The summed E-state index contributed by atoms with van der Waals surface area (Å²) in [6, 6.07) is 19.7. The molecule has 0 aromatic heterocycles. The van der Waals surface area contributed by atoms with Crippen molar-refractivity contribution in [2.75, 3.05) is 0 Å². The number of hydrogen-bond acceptors (Lipinski definition) is 2. The van der Waals surface area contributed by atoms with Crippen LogP contribution in [0.1, 0.15) is 13.8 Å². The summed E-state index contributed by atoms with van der Waals surface area (Å²) in [6.45, 7) is 8.27. The van der Waals surface area contributed by atoms with Gasteiger partial charge in [0.15, 0.2) is 0 Å². The Morgan fingerprint density at radius 2 is 1.54 bits per heavy atom. The molecule has 0 heterocycles. The molecule has 1 atom stereocenters. The minimum absolute atomic E-state index is 0. The third-order valence-corrected chi connectivity index (χ3v) is 4.57. The van der Waals surface area contributed by atoms with Crippen LogP contribution in [-0.4, -0.2) is 21.0 Å². The number of ether oxygens (including phenoxy) is 1. The maximum atomic E-state index is 11.3. The molecule has 0 saturated heterocycles. The van der Waals surface area contributed by atoms with Crippen molar-refractivity contribution in [1.82, 2.24) is 0 Å². The zero-order chi connectivity index (χ0) is 17.8. The van der Waals surface area contributed by atoms with Gasteiger partial charge in [0.1, 0.15) is 6.10 Å². The Labute approximate surface area is 181 Å². The number of carbonyl (C=O) groups is 1. The van der Waals surface area contributed by atoms with Crippen LogP contribution in [0.4, 0.5) is 10.5 Å². The van der Waals surface area contributed by atoms with E-state index in [1.807, 2.05) is 31.2 Å². The van der Waals surface area contributed by atoms with Crippen LogP contribution < -0.4 is 24.0 Å². The molecular weight excluding hydrogens is 385 g/mol. The predicted molar refractivity (Wildman–Crippen MR) is 104 cm³/mol. The van der Waals surface area contributed by atoms with Crippen molar-refractivity contribution in [2.24, 2.45) is 0 Å². The number of para-hydroxylation sites is 1. The second-order valence-corrected chi connectivity index (χ2v) is 8.01. The van der Waals surface area contributed by atoms with Gasteiger partial charge in [0.25, 0.3) is 0 Å². The predicted octanol–water partition coefficient (Wildman–Crippen LogP) is 2.44. The molecule has 26 heavy (non-hydrogen) atoms. The molecule has 0 bridgehead atoms. The number of nitrogens with zero attached hydrogens (tertiary/aromatic N) is 1. The van der Waals surface area contributed by atoms with Crippen molar-refractivity contribution in [3.63, 3.8) is 0 Å². The Kier molecular flexibility index (Phi) is 16.6. The summed E-state index contributed by atoms with van der Waals surface area (Å²) in [7, 11) is -0.212. The normalized spacial score (nSPS) is 10.7. The molecular formula is C20H25CuLiNO2Si. The van der Waals surface area contributed by atoms with Gasteiger partial charge >= 0.3 is 18.9 Å². The Balaban J connectivity index is 0. The third-order valence-electron chi connectivity index (χ3n) is 3.08. The first-order valence-electron chi connectivity index (χ1n) is 7.98. The van der Waals surface area contributed by atoms with Gasteiger partial charge in [-0.3, -0.25) is 4.79 Å². The van der Waals surface area contributed by atoms with E-state index in [0.717, 1.165) is 0 Å². The molecule has 0 fully saturated rings. The molecule has 6 heteroatoms. The number of amides is 1. The van der Waals surface area contributed by atoms with Crippen LogP contribution in [0.15, 0.2) is 72.8 Å². The van der Waals surface area contributed by atoms with Crippen molar-refractivity contribution in [2.45, 2.75) is 33.0 Å². The maximum Gasteiger partial charge on any atom is 1.00 e. The topological polar surface area (TPSA) is 40.4 Å². The summed E-state index contributed by atoms with van der Waals surface area (Å²) in [4.78, 5) is 11.3. The molecule has 2 aromatic carbocycles. The molecule has 0 saturated carbocycles. The van der Waals surface area contributed by atoms with E-state index in [1.165, 1.54) is 5.19 Å². The Bertz CT molecular complexity index is 624. The molecule has 2 rings (SSSR count). The van der Waals surface area contributed by atoms with Gasteiger partial charge in [-0.1, -0.05) is 85.0 Å². The van der Waals surface area contributed by atoms with Crippen molar-refractivity contribution >= 4 is 25.8 Å². The molecule has 1 amide bonds. The van der Waals surface area contributed by atoms with Gasteiger partial charge in [0.2, 0.25) is 6.09 Å². The molecule has 0 aliphatic carbocycles. The van der Waals surface area contributed by atoms with Crippen LogP contribution in [-0.2, 0) is 21.8 Å². The summed E-state index contributed by atoms with van der Waals surface area (Å²) in [6.07, 6.45) is 2.82. The van der Waals surface area contributed by atoms with E-state index in [2.05, 4.69) is 48.7 Å². The van der Waals surface area contributed by atoms with Crippen molar-refractivity contribution < 1.29 is 45.5 Å². The van der Waals surface area contributed by atoms with Crippen LogP contribution in [0.2, 0.25) is 13.1 Å². The zero-order valence-electron chi connectivity index (χ0n) is 16.1. The van der Waals surface area contributed by atoms with Crippen LogP contribution in [0, 0.1) is 0 Å². The summed E-state index contributed by atoms with van der Waals surface area (Å²) in [5, 5.41) is 5.30. The van der Waals surface area contributed by atoms with Crippen LogP contribution in [0.25, 0.3) is 5.32 Å². The molecule has 0 spiro atoms. The quantitative estimate of drug-likeness (QED) is 0.574. The van der Waals surface area contributed by atoms with E-state index in [0.29, 0.717) is 5.69 Å². The number of allylic oxidation sites excluding steroid dienone is 1. The molecule has 1 unspecified atom stereocenters. The summed E-state index contributed by atoms with van der Waals surface area (Å²) in [5.74, 6) is 0. The number of hydrogen-bond donors (Lipinski definition) is 0. The second-order valence-electron chi connectivity index (χ2n) is 5.43. The second kappa shape index (κ2) is 16.0. The van der Waals surface area contributed by atoms with E-state index in [1.54, 1.807) is 25.1 Å². The number of rotatable bonds is 4. The van der Waals surface area contributed by atoms with Gasteiger partial charge in [-0.2, -0.15) is 0 Å². The largest absolute Gasteiger partial charge is 1.00 e. The fraction of sp³-hybridized carbons (Fsp3) is 0.250. The molecule has 138 valence electrons. The zero-order valence-corrected chi connectivity index (χ0v) is 18.0. The fourth-order valence-electron chi connectivity index (χ4n) is 1.88. The van der Waals surface area contributed by atoms with E-state index >= 15 is 0 Å². The average molecular weight is 410 g/mol. The number of carbonyl (C=O) groups excluding carboxylic acids is 1. The smallest absolute Gasteiger partial charge is 0.591 e. The molecule has 2 aromatic rings. The molecule has 0 aliphatic rings. The standard InChI is InChI=1S/C12H15NO2.C8H11Si.Cu.Li/c1-3-7-10(2)15-12(14)13-11-8-5-4-6-9-11;1-9(2)8-6-4-3-5-7-8;;/h3-10H,1-2H3,(H,13,14);3-7H,1-2H3;;/q;;;+1/p-1/b7-3+;;;. The van der Waals surface area contributed by atoms with Gasteiger partial charge in [-0.25, -0.2) is 0 Å². The van der Waals surface area contributed by atoms with Crippen LogP contribution in [0.3, 0.4) is 0 Å². The third kappa shape index (κ3) is 12.2. The fourth-order valence-corrected chi connectivity index (χ4v) is 2.73. The minimum Gasteiger partial charge on any atom is -0.591 e. The molecule has 3 nitrogen and oxygen atoms in total. The first kappa shape index (κ1) is 27.0. The molecule has 2 radical (unpaired) electrons. The van der Waals surface area contributed by atoms with Crippen molar-refractivity contribution in [3.05, 3.63) is 78.1 Å². The molecule has 0 aliphatic heterocycles. The first-order chi connectivity index (χ1) is 11.5. The van der Waals surface area contributed by atoms with E-state index < -0.39 is 6.09 Å². The first-order valence-corrected chi connectivity index (χ1v) is 10.5. The van der Waals surface area contributed by atoms with Gasteiger partial charge in [-0.15, -0.1) is 5.69 Å². The average Bonchev–Trinajstić information content (AvgIpc) is 2.57. The Morgan fingerprint density at radius 3 is 1.96 bits per heavy atom. The monoisotopic (exact) mass is 409 g/mol. The maximum absolute atomic E-state index is 11.3. The summed E-state index contributed by atoms with van der Waals surface area (Å²) < 4.78 is 5.00. The minimum atomic E-state index is -0.563. The Hall–Kier alpha value is -1.22. The van der Waals surface area contributed by atoms with E-state index in [4.69, 9.17) is 4.74 Å². The Morgan fingerprint density at radius 1 is 1.04 bits per heavy atom. The van der Waals surface area contributed by atoms with Crippen molar-refractivity contribution in [3.8, 4) is 0 Å². The van der Waals surface area contributed by atoms with Gasteiger partial charge < -0.3 is 10.1 Å². The van der Waals surface area contributed by atoms with Gasteiger partial charge in [-0.05, 0) is 19.9 Å². The van der Waals surface area contributed by atoms with Gasteiger partial charge in [0, 0.05) is 17.1 Å². The summed E-state index contributed by atoms with van der Waals surface area (Å²) in [5.41, 5.74) is 0.607. The number of benzene rings is 2. The van der Waals surface area contributed by atoms with Crippen LogP contribution in [0.5, 0.6) is 0 Å². The van der Waals surface area contributed by atoms with Crippen LogP contribution >= 0.6 is 0 Å². The van der Waals surface area contributed by atoms with Gasteiger partial charge in [0.05, 0.1) is 8.80 Å².